The Morgan fingerprint density at radius 1 is 1.08 bits per heavy atom. The molecule has 1 N–H and O–H groups in total. The molecule has 1 aromatic heterocycles. The summed E-state index contributed by atoms with van der Waals surface area (Å²) in [6, 6.07) is 3.76. The highest BCUT2D eigenvalue weighted by atomic mass is 16.2. The zero-order valence-corrected chi connectivity index (χ0v) is 14.7. The van der Waals surface area contributed by atoms with Crippen molar-refractivity contribution in [2.75, 3.05) is 13.1 Å². The van der Waals surface area contributed by atoms with Gasteiger partial charge < -0.3 is 10.2 Å². The number of piperidine rings is 1. The molecule has 3 fully saturated rings. The molecule has 1 spiro atoms. The number of carbonyl (C=O) groups is 2. The molecule has 4 rings (SSSR count). The van der Waals surface area contributed by atoms with E-state index >= 15 is 0 Å². The van der Waals surface area contributed by atoms with Gasteiger partial charge >= 0.3 is 0 Å². The zero-order chi connectivity index (χ0) is 17.3. The molecule has 1 unspecified atom stereocenters. The molecule has 2 saturated carbocycles. The Hall–Kier alpha value is -1.91. The minimum Gasteiger partial charge on any atom is -0.349 e. The SMILES string of the molecule is O=C(NC1CC12CCN(C(=O)C1CCCCC1)CC2)c1ccncc1. The number of aromatic nitrogens is 1. The van der Waals surface area contributed by atoms with Crippen LogP contribution in [0.1, 0.15) is 61.7 Å². The second-order valence-electron chi connectivity index (χ2n) is 7.99. The highest BCUT2D eigenvalue weighted by Crippen LogP contribution is 2.54. The predicted molar refractivity (Wildman–Crippen MR) is 94.9 cm³/mol. The van der Waals surface area contributed by atoms with Crippen LogP contribution >= 0.6 is 0 Å². The minimum atomic E-state index is -0.00927. The number of hydrogen-bond acceptors (Lipinski definition) is 3. The van der Waals surface area contributed by atoms with Gasteiger partial charge in [0.25, 0.3) is 5.91 Å². The normalized spacial score (nSPS) is 25.6. The van der Waals surface area contributed by atoms with E-state index in [-0.39, 0.29) is 23.3 Å². The number of rotatable bonds is 3. The van der Waals surface area contributed by atoms with Gasteiger partial charge in [0.15, 0.2) is 0 Å². The minimum absolute atomic E-state index is 0.00927. The van der Waals surface area contributed by atoms with Crippen LogP contribution in [0.3, 0.4) is 0 Å². The monoisotopic (exact) mass is 341 g/mol. The lowest BCUT2D eigenvalue weighted by Crippen LogP contribution is -2.44. The fraction of sp³-hybridized carbons (Fsp3) is 0.650. The topological polar surface area (TPSA) is 62.3 Å². The van der Waals surface area contributed by atoms with Crippen LogP contribution in [0.15, 0.2) is 24.5 Å². The first-order valence-electron chi connectivity index (χ1n) is 9.68. The summed E-state index contributed by atoms with van der Waals surface area (Å²) >= 11 is 0. The van der Waals surface area contributed by atoms with Gasteiger partial charge in [0, 0.05) is 43.0 Å². The molecule has 0 aromatic carbocycles. The van der Waals surface area contributed by atoms with E-state index in [0.717, 1.165) is 45.2 Å². The molecule has 1 aromatic rings. The number of pyridine rings is 1. The average Bonchev–Trinajstić information content (AvgIpc) is 3.34. The predicted octanol–water partition coefficient (Wildman–Crippen LogP) is 2.77. The number of hydrogen-bond donors (Lipinski definition) is 1. The fourth-order valence-corrected chi connectivity index (χ4v) is 4.63. The molecule has 134 valence electrons. The fourth-order valence-electron chi connectivity index (χ4n) is 4.63. The van der Waals surface area contributed by atoms with Crippen LogP contribution < -0.4 is 5.32 Å². The maximum Gasteiger partial charge on any atom is 0.251 e. The summed E-state index contributed by atoms with van der Waals surface area (Å²) in [6.07, 6.45) is 12.2. The lowest BCUT2D eigenvalue weighted by atomic mass is 9.86. The van der Waals surface area contributed by atoms with Gasteiger partial charge in [-0.2, -0.15) is 0 Å². The van der Waals surface area contributed by atoms with Crippen molar-refractivity contribution in [1.29, 1.82) is 0 Å². The molecule has 5 heteroatoms. The Balaban J connectivity index is 1.28. The number of carbonyl (C=O) groups excluding carboxylic acids is 2. The number of nitrogens with one attached hydrogen (secondary N) is 1. The van der Waals surface area contributed by atoms with Gasteiger partial charge in [-0.15, -0.1) is 0 Å². The quantitative estimate of drug-likeness (QED) is 0.919. The van der Waals surface area contributed by atoms with Gasteiger partial charge in [-0.05, 0) is 49.7 Å². The van der Waals surface area contributed by atoms with Gasteiger partial charge in [-0.25, -0.2) is 0 Å². The van der Waals surface area contributed by atoms with Gasteiger partial charge in [0.1, 0.15) is 0 Å². The van der Waals surface area contributed by atoms with Crippen molar-refractivity contribution in [2.24, 2.45) is 11.3 Å². The smallest absolute Gasteiger partial charge is 0.251 e. The highest BCUT2D eigenvalue weighted by Gasteiger charge is 2.56. The van der Waals surface area contributed by atoms with E-state index in [2.05, 4.69) is 15.2 Å². The van der Waals surface area contributed by atoms with E-state index in [9.17, 15) is 9.59 Å². The van der Waals surface area contributed by atoms with Crippen LogP contribution in [0, 0.1) is 11.3 Å². The van der Waals surface area contributed by atoms with E-state index in [1.54, 1.807) is 24.5 Å². The molecule has 2 amide bonds. The molecule has 3 aliphatic rings. The van der Waals surface area contributed by atoms with Crippen molar-refractivity contribution in [3.63, 3.8) is 0 Å². The Morgan fingerprint density at radius 3 is 2.44 bits per heavy atom. The maximum absolute atomic E-state index is 12.7. The summed E-state index contributed by atoms with van der Waals surface area (Å²) in [4.78, 5) is 31.0. The number of nitrogens with zero attached hydrogens (tertiary/aromatic N) is 2. The van der Waals surface area contributed by atoms with E-state index in [0.29, 0.717) is 11.5 Å². The summed E-state index contributed by atoms with van der Waals surface area (Å²) in [6.45, 7) is 1.72. The van der Waals surface area contributed by atoms with Crippen molar-refractivity contribution < 1.29 is 9.59 Å². The van der Waals surface area contributed by atoms with Gasteiger partial charge in [0.05, 0.1) is 0 Å². The van der Waals surface area contributed by atoms with Gasteiger partial charge in [-0.1, -0.05) is 19.3 Å². The zero-order valence-electron chi connectivity index (χ0n) is 14.7. The lowest BCUT2D eigenvalue weighted by Gasteiger charge is -2.36. The van der Waals surface area contributed by atoms with Crippen molar-refractivity contribution >= 4 is 11.8 Å². The molecule has 0 radical (unpaired) electrons. The van der Waals surface area contributed by atoms with Crippen molar-refractivity contribution in [1.82, 2.24) is 15.2 Å². The third-order valence-corrected chi connectivity index (χ3v) is 6.46. The van der Waals surface area contributed by atoms with Crippen molar-refractivity contribution in [3.05, 3.63) is 30.1 Å². The molecule has 1 aliphatic heterocycles. The second-order valence-corrected chi connectivity index (χ2v) is 7.99. The van der Waals surface area contributed by atoms with Crippen LogP contribution in [-0.4, -0.2) is 40.8 Å². The summed E-state index contributed by atoms with van der Waals surface area (Å²) in [7, 11) is 0. The van der Waals surface area contributed by atoms with Crippen molar-refractivity contribution in [3.8, 4) is 0 Å². The Labute approximate surface area is 149 Å². The first kappa shape index (κ1) is 16.6. The maximum atomic E-state index is 12.7. The highest BCUT2D eigenvalue weighted by molar-refractivity contribution is 5.94. The second kappa shape index (κ2) is 6.77. The molecular weight excluding hydrogens is 314 g/mol. The average molecular weight is 341 g/mol. The number of amides is 2. The largest absolute Gasteiger partial charge is 0.349 e. The molecule has 1 atom stereocenters. The summed E-state index contributed by atoms with van der Waals surface area (Å²) in [5, 5.41) is 3.17. The van der Waals surface area contributed by atoms with E-state index < -0.39 is 0 Å². The molecule has 1 saturated heterocycles. The summed E-state index contributed by atoms with van der Waals surface area (Å²) in [5.74, 6) is 0.641. The summed E-state index contributed by atoms with van der Waals surface area (Å²) < 4.78 is 0. The van der Waals surface area contributed by atoms with Crippen LogP contribution in [0.2, 0.25) is 0 Å². The summed E-state index contributed by atoms with van der Waals surface area (Å²) in [5.41, 5.74) is 0.897. The molecule has 2 aliphatic carbocycles. The Bertz CT molecular complexity index is 632. The van der Waals surface area contributed by atoms with Gasteiger partial charge in [-0.3, -0.25) is 14.6 Å². The van der Waals surface area contributed by atoms with Crippen LogP contribution in [0.25, 0.3) is 0 Å². The molecule has 2 heterocycles. The third-order valence-electron chi connectivity index (χ3n) is 6.46. The van der Waals surface area contributed by atoms with Crippen molar-refractivity contribution in [2.45, 2.75) is 57.4 Å². The van der Waals surface area contributed by atoms with E-state index in [1.807, 2.05) is 0 Å². The Kier molecular flexibility index (Phi) is 4.48. The van der Waals surface area contributed by atoms with E-state index in [4.69, 9.17) is 0 Å². The number of likely N-dealkylation sites (tertiary alicyclic amines) is 1. The standard InChI is InChI=1S/C20H27N3O2/c24-18(15-6-10-21-11-7-15)22-17-14-20(17)8-12-23(13-9-20)19(25)16-4-2-1-3-5-16/h6-7,10-11,16-17H,1-5,8-9,12-14H2,(H,22,24). The van der Waals surface area contributed by atoms with Crippen LogP contribution in [0.4, 0.5) is 0 Å². The first-order valence-corrected chi connectivity index (χ1v) is 9.68. The third kappa shape index (κ3) is 3.42. The molecule has 0 bridgehead atoms. The van der Waals surface area contributed by atoms with E-state index in [1.165, 1.54) is 19.3 Å². The lowest BCUT2D eigenvalue weighted by molar-refractivity contribution is -0.138. The molecular formula is C20H27N3O2. The molecule has 5 nitrogen and oxygen atoms in total. The van der Waals surface area contributed by atoms with Gasteiger partial charge in [0.2, 0.25) is 5.91 Å². The molecule has 25 heavy (non-hydrogen) atoms. The van der Waals surface area contributed by atoms with Crippen LogP contribution in [-0.2, 0) is 4.79 Å². The Morgan fingerprint density at radius 2 is 1.76 bits per heavy atom. The first-order chi connectivity index (χ1) is 12.2. The van der Waals surface area contributed by atoms with Crippen LogP contribution in [0.5, 0.6) is 0 Å².